The summed E-state index contributed by atoms with van der Waals surface area (Å²) in [5.41, 5.74) is 5.39. The molecule has 0 bridgehead atoms. The van der Waals surface area contributed by atoms with E-state index in [1.54, 1.807) is 6.92 Å². The second-order valence-electron chi connectivity index (χ2n) is 3.34. The molecule has 0 radical (unpaired) electrons. The van der Waals surface area contributed by atoms with Gasteiger partial charge in [-0.05, 0) is 13.8 Å². The maximum atomic E-state index is 11.5. The second-order valence-corrected chi connectivity index (χ2v) is 3.34. The van der Waals surface area contributed by atoms with Crippen LogP contribution in [0.2, 0.25) is 0 Å². The van der Waals surface area contributed by atoms with E-state index in [1.807, 2.05) is 0 Å². The van der Waals surface area contributed by atoms with Crippen LogP contribution in [-0.2, 0) is 14.4 Å². The van der Waals surface area contributed by atoms with Crippen molar-refractivity contribution in [1.82, 2.24) is 10.2 Å². The largest absolute Gasteiger partial charge is 0.320 e. The van der Waals surface area contributed by atoms with Gasteiger partial charge < -0.3 is 10.6 Å². The fourth-order valence-corrected chi connectivity index (χ4v) is 1.24. The Balaban J connectivity index is 2.81. The molecule has 1 aliphatic heterocycles. The number of nitrogens with two attached hydrogens (primary N) is 1. The standard InChI is InChI=1S/C8H13N3O3/c1-4(9)8(14)11-3-6(12)10-7(13)5(11)2/h4-5H,3,9H2,1-2H3,(H,10,12,13)/t4-,5?/m1/s1. The smallest absolute Gasteiger partial charge is 0.249 e. The van der Waals surface area contributed by atoms with Gasteiger partial charge in [-0.15, -0.1) is 0 Å². The van der Waals surface area contributed by atoms with Crippen LogP contribution in [0.4, 0.5) is 0 Å². The maximum Gasteiger partial charge on any atom is 0.249 e. The lowest BCUT2D eigenvalue weighted by Crippen LogP contribution is -2.60. The number of piperazine rings is 1. The minimum Gasteiger partial charge on any atom is -0.320 e. The van der Waals surface area contributed by atoms with Gasteiger partial charge in [0, 0.05) is 0 Å². The van der Waals surface area contributed by atoms with E-state index < -0.39 is 23.9 Å². The van der Waals surface area contributed by atoms with Crippen LogP contribution < -0.4 is 11.1 Å². The third kappa shape index (κ3) is 1.90. The Bertz CT molecular complexity index is 288. The van der Waals surface area contributed by atoms with Crippen LogP contribution in [0.25, 0.3) is 0 Å². The van der Waals surface area contributed by atoms with Gasteiger partial charge in [0.05, 0.1) is 6.04 Å². The molecule has 14 heavy (non-hydrogen) atoms. The van der Waals surface area contributed by atoms with Gasteiger partial charge in [0.2, 0.25) is 17.7 Å². The summed E-state index contributed by atoms with van der Waals surface area (Å²) in [4.78, 5) is 34.8. The van der Waals surface area contributed by atoms with Gasteiger partial charge in [0.25, 0.3) is 0 Å². The Hall–Kier alpha value is -1.43. The minimum absolute atomic E-state index is 0.104. The Labute approximate surface area is 81.4 Å². The highest BCUT2D eigenvalue weighted by Crippen LogP contribution is 2.06. The lowest BCUT2D eigenvalue weighted by molar-refractivity contribution is -0.149. The molecule has 6 nitrogen and oxygen atoms in total. The summed E-state index contributed by atoms with van der Waals surface area (Å²) in [6.45, 7) is 2.97. The maximum absolute atomic E-state index is 11.5. The highest BCUT2D eigenvalue weighted by molar-refractivity contribution is 6.04. The molecule has 1 unspecified atom stereocenters. The molecule has 2 atom stereocenters. The average molecular weight is 199 g/mol. The molecule has 1 heterocycles. The van der Waals surface area contributed by atoms with Gasteiger partial charge in [0.1, 0.15) is 12.6 Å². The average Bonchev–Trinajstić information content (AvgIpc) is 2.09. The molecule has 3 N–H and O–H groups in total. The zero-order chi connectivity index (χ0) is 10.9. The molecular formula is C8H13N3O3. The Kier molecular flexibility index (Phi) is 2.85. The second kappa shape index (κ2) is 3.75. The number of amides is 3. The molecule has 0 aromatic rings. The Morgan fingerprint density at radius 1 is 1.64 bits per heavy atom. The normalized spacial score (nSPS) is 24.5. The van der Waals surface area contributed by atoms with Crippen LogP contribution in [0, 0.1) is 0 Å². The van der Waals surface area contributed by atoms with Crippen LogP contribution in [0.3, 0.4) is 0 Å². The number of hydrogen-bond acceptors (Lipinski definition) is 4. The first-order valence-electron chi connectivity index (χ1n) is 4.33. The summed E-state index contributed by atoms with van der Waals surface area (Å²) in [6.07, 6.45) is 0. The van der Waals surface area contributed by atoms with Crippen molar-refractivity contribution in [2.45, 2.75) is 25.9 Å². The summed E-state index contributed by atoms with van der Waals surface area (Å²) in [5, 5.41) is 2.14. The van der Waals surface area contributed by atoms with Crippen molar-refractivity contribution >= 4 is 17.7 Å². The minimum atomic E-state index is -0.698. The summed E-state index contributed by atoms with van der Waals surface area (Å²) in [5.74, 6) is -1.32. The molecule has 1 rings (SSSR count). The molecule has 6 heteroatoms. The number of rotatable bonds is 1. The summed E-state index contributed by atoms with van der Waals surface area (Å²) in [7, 11) is 0. The van der Waals surface area contributed by atoms with E-state index >= 15 is 0 Å². The molecule has 1 fully saturated rings. The lowest BCUT2D eigenvalue weighted by atomic mass is 10.1. The predicted octanol–water partition coefficient (Wildman–Crippen LogP) is -1.79. The third-order valence-corrected chi connectivity index (χ3v) is 2.10. The van der Waals surface area contributed by atoms with E-state index in [1.165, 1.54) is 11.8 Å². The van der Waals surface area contributed by atoms with Gasteiger partial charge in [0.15, 0.2) is 0 Å². The number of nitrogens with one attached hydrogen (secondary N) is 1. The molecule has 0 saturated carbocycles. The molecule has 0 spiro atoms. The Morgan fingerprint density at radius 3 is 2.71 bits per heavy atom. The van der Waals surface area contributed by atoms with Gasteiger partial charge in [-0.3, -0.25) is 19.7 Å². The fourth-order valence-electron chi connectivity index (χ4n) is 1.24. The predicted molar refractivity (Wildman–Crippen MR) is 48.0 cm³/mol. The summed E-state index contributed by atoms with van der Waals surface area (Å²) in [6, 6.07) is -1.33. The monoisotopic (exact) mass is 199 g/mol. The van der Waals surface area contributed by atoms with Crippen molar-refractivity contribution in [2.75, 3.05) is 6.54 Å². The molecule has 0 aromatic carbocycles. The number of carbonyl (C=O) groups is 3. The fraction of sp³-hybridized carbons (Fsp3) is 0.625. The van der Waals surface area contributed by atoms with E-state index in [9.17, 15) is 14.4 Å². The molecule has 1 saturated heterocycles. The van der Waals surface area contributed by atoms with E-state index in [2.05, 4.69) is 5.32 Å². The van der Waals surface area contributed by atoms with Crippen molar-refractivity contribution in [3.8, 4) is 0 Å². The molecule has 0 aliphatic carbocycles. The highest BCUT2D eigenvalue weighted by Gasteiger charge is 2.34. The number of imide groups is 1. The van der Waals surface area contributed by atoms with Crippen molar-refractivity contribution < 1.29 is 14.4 Å². The molecule has 1 aliphatic rings. The summed E-state index contributed by atoms with van der Waals surface area (Å²) >= 11 is 0. The summed E-state index contributed by atoms with van der Waals surface area (Å²) < 4.78 is 0. The highest BCUT2D eigenvalue weighted by atomic mass is 16.2. The molecule has 78 valence electrons. The van der Waals surface area contributed by atoms with E-state index in [4.69, 9.17) is 5.73 Å². The zero-order valence-electron chi connectivity index (χ0n) is 8.11. The first-order chi connectivity index (χ1) is 6.43. The molecular weight excluding hydrogens is 186 g/mol. The number of hydrogen-bond donors (Lipinski definition) is 2. The lowest BCUT2D eigenvalue weighted by Gasteiger charge is -2.32. The van der Waals surface area contributed by atoms with Crippen LogP contribution in [-0.4, -0.2) is 41.2 Å². The van der Waals surface area contributed by atoms with E-state index in [0.29, 0.717) is 0 Å². The van der Waals surface area contributed by atoms with E-state index in [0.717, 1.165) is 0 Å². The first kappa shape index (κ1) is 10.6. The van der Waals surface area contributed by atoms with E-state index in [-0.39, 0.29) is 12.5 Å². The van der Waals surface area contributed by atoms with Crippen molar-refractivity contribution in [1.29, 1.82) is 0 Å². The van der Waals surface area contributed by atoms with Crippen LogP contribution in [0.1, 0.15) is 13.8 Å². The van der Waals surface area contributed by atoms with Gasteiger partial charge in [-0.25, -0.2) is 0 Å². The van der Waals surface area contributed by atoms with Crippen molar-refractivity contribution in [2.24, 2.45) is 5.73 Å². The quantitative estimate of drug-likeness (QED) is 0.488. The molecule has 0 aromatic heterocycles. The topological polar surface area (TPSA) is 92.5 Å². The van der Waals surface area contributed by atoms with Gasteiger partial charge in [-0.1, -0.05) is 0 Å². The van der Waals surface area contributed by atoms with Gasteiger partial charge in [-0.2, -0.15) is 0 Å². The third-order valence-electron chi connectivity index (χ3n) is 2.10. The first-order valence-corrected chi connectivity index (χ1v) is 4.33. The van der Waals surface area contributed by atoms with Crippen molar-refractivity contribution in [3.05, 3.63) is 0 Å². The van der Waals surface area contributed by atoms with Crippen LogP contribution in [0.5, 0.6) is 0 Å². The SMILES string of the molecule is CC1C(=O)NC(=O)CN1C(=O)[C@@H](C)N. The van der Waals surface area contributed by atoms with Crippen LogP contribution >= 0.6 is 0 Å². The van der Waals surface area contributed by atoms with Gasteiger partial charge >= 0.3 is 0 Å². The number of carbonyl (C=O) groups excluding carboxylic acids is 3. The number of nitrogens with zero attached hydrogens (tertiary/aromatic N) is 1. The van der Waals surface area contributed by atoms with Crippen molar-refractivity contribution in [3.63, 3.8) is 0 Å². The Morgan fingerprint density at radius 2 is 2.21 bits per heavy atom. The zero-order valence-corrected chi connectivity index (χ0v) is 8.11. The van der Waals surface area contributed by atoms with Crippen LogP contribution in [0.15, 0.2) is 0 Å². The molecule has 3 amide bonds.